The molecule has 0 aliphatic carbocycles. The molecule has 0 saturated heterocycles. The van der Waals surface area contributed by atoms with Gasteiger partial charge in [0.2, 0.25) is 0 Å². The van der Waals surface area contributed by atoms with Crippen LogP contribution in [0.3, 0.4) is 0 Å². The van der Waals surface area contributed by atoms with E-state index in [-0.39, 0.29) is 7.43 Å². The molecule has 0 fully saturated rings. The van der Waals surface area contributed by atoms with Gasteiger partial charge in [-0.15, -0.1) is 5.34 Å². The van der Waals surface area contributed by atoms with Crippen molar-refractivity contribution < 1.29 is 5.09 Å². The molecule has 0 aromatic rings. The van der Waals surface area contributed by atoms with Crippen molar-refractivity contribution in [1.29, 1.82) is 10.8 Å². The molecule has 0 saturated carbocycles. The summed E-state index contributed by atoms with van der Waals surface area (Å²) in [6, 6.07) is 0. The normalized spacial score (nSPS) is 3.80. The second kappa shape index (κ2) is 62.3. The van der Waals surface area contributed by atoms with Gasteiger partial charge in [0.25, 0.3) is 0 Å². The van der Waals surface area contributed by atoms with Gasteiger partial charge >= 0.3 is 0 Å². The predicted molar refractivity (Wildman–Crippen MR) is 29.7 cm³/mol. The van der Waals surface area contributed by atoms with E-state index in [1.54, 1.807) is 0 Å². The molecule has 0 aliphatic rings. The molecule has 0 N–H and O–H groups in total. The molecular weight excluding hydrogens is 148 g/mol. The first-order valence-corrected chi connectivity index (χ1v) is 1.11. The average Bonchev–Trinajstić information content (AvgIpc) is 1.71. The number of rotatable bonds is 0. The van der Waals surface area contributed by atoms with Crippen LogP contribution in [0.25, 0.3) is 0 Å². The van der Waals surface area contributed by atoms with Crippen LogP contribution in [-0.4, -0.2) is 5.09 Å². The Balaban J connectivity index is -0.0000000273. The Labute approximate surface area is 55.4 Å². The summed E-state index contributed by atoms with van der Waals surface area (Å²) in [4.78, 5) is 16.2. The first kappa shape index (κ1) is 24.5. The molecule has 10 heavy (non-hydrogen) atoms. The van der Waals surface area contributed by atoms with Crippen molar-refractivity contribution in [3.8, 4) is 0 Å². The van der Waals surface area contributed by atoms with Crippen LogP contribution < -0.4 is 0 Å². The third kappa shape index (κ3) is 38.7. The molecule has 9 heteroatoms. The van der Waals surface area contributed by atoms with Crippen molar-refractivity contribution in [2.24, 2.45) is 5.34 Å². The lowest BCUT2D eigenvalue weighted by Gasteiger charge is -1.74. The van der Waals surface area contributed by atoms with Gasteiger partial charge in [-0.05, 0) is 0 Å². The lowest BCUT2D eigenvalue weighted by molar-refractivity contribution is -0.402. The summed E-state index contributed by atoms with van der Waals surface area (Å²) in [5, 5.41) is 35.8. The third-order valence-electron chi connectivity index (χ3n) is 0. The SMILES string of the molecule is C.N#N.O=N[O-].O=[N+]([O-])[O-]. The van der Waals surface area contributed by atoms with Crippen molar-refractivity contribution in [2.75, 3.05) is 0 Å². The molecule has 0 atom stereocenters. The minimum atomic E-state index is -1.75. The fourth-order valence-electron chi connectivity index (χ4n) is 0. The van der Waals surface area contributed by atoms with E-state index in [2.05, 4.69) is 0 Å². The van der Waals surface area contributed by atoms with Gasteiger partial charge in [-0.1, -0.05) is 7.43 Å². The Hall–Kier alpha value is -1.98. The van der Waals surface area contributed by atoms with Crippen LogP contribution in [0.2, 0.25) is 0 Å². The smallest absolute Gasteiger partial charge is 0.0689 e. The molecule has 0 bridgehead atoms. The van der Waals surface area contributed by atoms with E-state index in [9.17, 15) is 0 Å². The largest absolute Gasteiger partial charge is 0.444 e. The summed E-state index contributed by atoms with van der Waals surface area (Å²) in [6.45, 7) is 0. The molecule has 9 nitrogen and oxygen atoms in total. The maximum absolute atomic E-state index is 8.25. The van der Waals surface area contributed by atoms with Gasteiger partial charge in [0.1, 0.15) is 0 Å². The van der Waals surface area contributed by atoms with Gasteiger partial charge < -0.3 is 25.4 Å². The minimum Gasteiger partial charge on any atom is -0.444 e. The highest BCUT2D eigenvalue weighted by molar-refractivity contribution is 4.21. The molecule has 60 valence electrons. The van der Waals surface area contributed by atoms with Crippen LogP contribution >= 0.6 is 0 Å². The third-order valence-corrected chi connectivity index (χ3v) is 0. The molecule has 0 radical (unpaired) electrons. The average molecular weight is 152 g/mol. The number of hydrogen-bond donors (Lipinski definition) is 0. The van der Waals surface area contributed by atoms with E-state index < -0.39 is 5.09 Å². The predicted octanol–water partition coefficient (Wildman–Crippen LogP) is 0.678. The molecule has 0 rings (SSSR count). The summed E-state index contributed by atoms with van der Waals surface area (Å²) in [6.07, 6.45) is 0. The monoisotopic (exact) mass is 152 g/mol. The first-order chi connectivity index (χ1) is 4.15. The molecular formula is CH4N4O5-2. The Morgan fingerprint density at radius 1 is 1.30 bits per heavy atom. The van der Waals surface area contributed by atoms with E-state index >= 15 is 0 Å². The van der Waals surface area contributed by atoms with Crippen LogP contribution in [0.4, 0.5) is 0 Å². The summed E-state index contributed by atoms with van der Waals surface area (Å²) >= 11 is 0. The van der Waals surface area contributed by atoms with Gasteiger partial charge in [0, 0.05) is 10.8 Å². The highest BCUT2D eigenvalue weighted by Crippen LogP contribution is 1.44. The Morgan fingerprint density at radius 3 is 1.30 bits per heavy atom. The standard InChI is InChI=1S/CH4.N2.NO3.HNO2/c;1-2;2-1(3)4;2-1-3/h1H4;;;(H,2,3)/q;;-1;/p-1. The lowest BCUT2D eigenvalue weighted by Crippen LogP contribution is -1.74. The van der Waals surface area contributed by atoms with Crippen molar-refractivity contribution in [2.45, 2.75) is 7.43 Å². The second-order valence-corrected chi connectivity index (χ2v) is 0.298. The second-order valence-electron chi connectivity index (χ2n) is 0.298. The molecule has 0 unspecified atom stereocenters. The Morgan fingerprint density at radius 2 is 1.30 bits per heavy atom. The van der Waals surface area contributed by atoms with Gasteiger partial charge in [0.05, 0.1) is 5.09 Å². The number of hydrogen-bond acceptors (Lipinski definition) is 8. The molecule has 0 spiro atoms. The van der Waals surface area contributed by atoms with E-state index in [4.69, 9.17) is 36.2 Å². The fourth-order valence-corrected chi connectivity index (χ4v) is 0. The summed E-state index contributed by atoms with van der Waals surface area (Å²) in [5.74, 6) is 0. The summed E-state index contributed by atoms with van der Waals surface area (Å²) in [7, 11) is 0. The van der Waals surface area contributed by atoms with Gasteiger partial charge in [0.15, 0.2) is 0 Å². The highest BCUT2D eigenvalue weighted by Gasteiger charge is 1.45. The molecule has 0 heterocycles. The molecule has 0 aromatic heterocycles. The zero-order valence-corrected chi connectivity index (χ0v) is 3.83. The van der Waals surface area contributed by atoms with Crippen LogP contribution in [-0.2, 0) is 0 Å². The Kier molecular flexibility index (Phi) is 152. The zero-order valence-electron chi connectivity index (χ0n) is 3.83. The van der Waals surface area contributed by atoms with Crippen LogP contribution in [0, 0.1) is 36.2 Å². The minimum absolute atomic E-state index is 0. The highest BCUT2D eigenvalue weighted by atomic mass is 16.9. The zero-order chi connectivity index (χ0) is 8.28. The summed E-state index contributed by atoms with van der Waals surface area (Å²) < 4.78 is 0. The van der Waals surface area contributed by atoms with Crippen molar-refractivity contribution >= 4 is 0 Å². The lowest BCUT2D eigenvalue weighted by atomic mass is 12.0. The van der Waals surface area contributed by atoms with E-state index in [0.717, 1.165) is 5.34 Å². The van der Waals surface area contributed by atoms with E-state index in [1.807, 2.05) is 0 Å². The first-order valence-electron chi connectivity index (χ1n) is 1.11. The van der Waals surface area contributed by atoms with Crippen LogP contribution in [0.5, 0.6) is 0 Å². The van der Waals surface area contributed by atoms with Gasteiger partial charge in [-0.25, -0.2) is 0 Å². The van der Waals surface area contributed by atoms with Crippen molar-refractivity contribution in [3.63, 3.8) is 0 Å². The maximum Gasteiger partial charge on any atom is 0.0689 e. The van der Waals surface area contributed by atoms with Gasteiger partial charge in [-0.2, -0.15) is 0 Å². The van der Waals surface area contributed by atoms with Gasteiger partial charge in [-0.3, -0.25) is 0 Å². The molecule has 0 amide bonds. The van der Waals surface area contributed by atoms with E-state index in [1.165, 1.54) is 0 Å². The quantitative estimate of drug-likeness (QED) is 0.212. The van der Waals surface area contributed by atoms with Crippen LogP contribution in [0.15, 0.2) is 5.34 Å². The van der Waals surface area contributed by atoms with Crippen LogP contribution in [0.1, 0.15) is 7.43 Å². The maximum atomic E-state index is 8.25. The topological polar surface area (TPSA) is 166 Å². The molecule has 0 aromatic carbocycles. The fraction of sp³-hybridized carbons (Fsp3) is 1.00. The van der Waals surface area contributed by atoms with Crippen molar-refractivity contribution in [3.05, 3.63) is 25.4 Å². The number of nitrogens with zero attached hydrogens (tertiary/aromatic N) is 4. The summed E-state index contributed by atoms with van der Waals surface area (Å²) in [5.41, 5.74) is 0. The Bertz CT molecular complexity index is 84.9. The molecule has 0 aliphatic heterocycles. The van der Waals surface area contributed by atoms with E-state index in [0.29, 0.717) is 0 Å². The van der Waals surface area contributed by atoms with Crippen molar-refractivity contribution in [1.82, 2.24) is 0 Å².